The van der Waals surface area contributed by atoms with Crippen LogP contribution >= 0.6 is 0 Å². The molecule has 1 fully saturated rings. The van der Waals surface area contributed by atoms with Crippen LogP contribution in [0.15, 0.2) is 39.7 Å². The number of carboxylic acids is 1. The van der Waals surface area contributed by atoms with Gasteiger partial charge in [0, 0.05) is 6.54 Å². The molecule has 1 saturated heterocycles. The molecule has 1 unspecified atom stereocenters. The number of furan rings is 1. The van der Waals surface area contributed by atoms with E-state index in [0.29, 0.717) is 11.5 Å². The second-order valence-electron chi connectivity index (χ2n) is 5.04. The Hall–Kier alpha value is -2.87. The van der Waals surface area contributed by atoms with Crippen LogP contribution in [0.5, 0.6) is 0 Å². The summed E-state index contributed by atoms with van der Waals surface area (Å²) in [6, 6.07) is 6.35. The summed E-state index contributed by atoms with van der Waals surface area (Å²) >= 11 is 0. The standard InChI is InChI=1S/C15H14N2O6/c18-13-9(3-4-10(16-13)11-2-1-6-22-11)14(19)17-5-7-23-12(8-17)15(20)21/h1-4,6,12H,5,7-8H2,(H,16,18)(H,20,21). The lowest BCUT2D eigenvalue weighted by molar-refractivity contribution is -0.154. The van der Waals surface area contributed by atoms with Crippen LogP contribution in [0.4, 0.5) is 0 Å². The van der Waals surface area contributed by atoms with E-state index in [9.17, 15) is 14.4 Å². The van der Waals surface area contributed by atoms with Gasteiger partial charge < -0.3 is 24.1 Å². The second kappa shape index (κ2) is 6.09. The molecule has 8 nitrogen and oxygen atoms in total. The average molecular weight is 318 g/mol. The van der Waals surface area contributed by atoms with Crippen LogP contribution < -0.4 is 5.56 Å². The van der Waals surface area contributed by atoms with E-state index in [-0.39, 0.29) is 25.3 Å². The third kappa shape index (κ3) is 3.02. The predicted octanol–water partition coefficient (Wildman–Crippen LogP) is 0.560. The zero-order valence-corrected chi connectivity index (χ0v) is 12.0. The number of carboxylic acid groups (broad SMARTS) is 1. The number of aromatic amines is 1. The number of nitrogens with zero attached hydrogens (tertiary/aromatic N) is 1. The molecule has 2 aromatic rings. The van der Waals surface area contributed by atoms with Crippen molar-refractivity contribution in [1.82, 2.24) is 9.88 Å². The van der Waals surface area contributed by atoms with Gasteiger partial charge in [-0.25, -0.2) is 4.79 Å². The van der Waals surface area contributed by atoms with E-state index >= 15 is 0 Å². The van der Waals surface area contributed by atoms with Gasteiger partial charge in [-0.05, 0) is 24.3 Å². The smallest absolute Gasteiger partial charge is 0.334 e. The van der Waals surface area contributed by atoms with Crippen molar-refractivity contribution in [1.29, 1.82) is 0 Å². The molecule has 1 aliphatic heterocycles. The maximum atomic E-state index is 12.4. The third-order valence-electron chi connectivity index (χ3n) is 3.56. The highest BCUT2D eigenvalue weighted by Gasteiger charge is 2.30. The molecule has 0 spiro atoms. The molecule has 120 valence electrons. The number of pyridine rings is 1. The van der Waals surface area contributed by atoms with Gasteiger partial charge in [0.1, 0.15) is 11.3 Å². The molecule has 0 aliphatic carbocycles. The van der Waals surface area contributed by atoms with Gasteiger partial charge in [-0.1, -0.05) is 0 Å². The highest BCUT2D eigenvalue weighted by atomic mass is 16.5. The zero-order valence-electron chi connectivity index (χ0n) is 12.0. The first-order valence-corrected chi connectivity index (χ1v) is 6.97. The van der Waals surface area contributed by atoms with Crippen LogP contribution in [0.1, 0.15) is 10.4 Å². The van der Waals surface area contributed by atoms with Gasteiger partial charge in [0.25, 0.3) is 11.5 Å². The number of H-pyrrole nitrogens is 1. The number of carbonyl (C=O) groups excluding carboxylic acids is 1. The van der Waals surface area contributed by atoms with Gasteiger partial charge in [0.05, 0.1) is 25.1 Å². The highest BCUT2D eigenvalue weighted by Crippen LogP contribution is 2.16. The van der Waals surface area contributed by atoms with Crippen molar-refractivity contribution in [3.05, 3.63) is 46.4 Å². The Kier molecular flexibility index (Phi) is 3.98. The van der Waals surface area contributed by atoms with E-state index in [2.05, 4.69) is 4.98 Å². The molecule has 8 heteroatoms. The van der Waals surface area contributed by atoms with Crippen molar-refractivity contribution in [2.75, 3.05) is 19.7 Å². The van der Waals surface area contributed by atoms with E-state index in [4.69, 9.17) is 14.3 Å². The van der Waals surface area contributed by atoms with Crippen LogP contribution in [0.2, 0.25) is 0 Å². The number of morpholine rings is 1. The molecule has 1 amide bonds. The number of carbonyl (C=O) groups is 2. The topological polar surface area (TPSA) is 113 Å². The summed E-state index contributed by atoms with van der Waals surface area (Å²) in [7, 11) is 0. The molecule has 2 aromatic heterocycles. The first-order valence-electron chi connectivity index (χ1n) is 6.97. The van der Waals surface area contributed by atoms with Crippen molar-refractivity contribution in [2.45, 2.75) is 6.10 Å². The monoisotopic (exact) mass is 318 g/mol. The van der Waals surface area contributed by atoms with Crippen molar-refractivity contribution in [3.8, 4) is 11.5 Å². The SMILES string of the molecule is O=C(O)C1CN(C(=O)c2ccc(-c3ccco3)[nH]c2=O)CCO1. The lowest BCUT2D eigenvalue weighted by Gasteiger charge is -2.30. The number of nitrogens with one attached hydrogen (secondary N) is 1. The van der Waals surface area contributed by atoms with Crippen LogP contribution in [-0.4, -0.2) is 52.7 Å². The van der Waals surface area contributed by atoms with Gasteiger partial charge in [0.2, 0.25) is 0 Å². The zero-order chi connectivity index (χ0) is 16.4. The summed E-state index contributed by atoms with van der Waals surface area (Å²) in [5.74, 6) is -1.17. The maximum Gasteiger partial charge on any atom is 0.334 e. The van der Waals surface area contributed by atoms with Crippen molar-refractivity contribution < 1.29 is 23.8 Å². The molecule has 3 rings (SSSR count). The number of hydrogen-bond donors (Lipinski definition) is 2. The number of aliphatic carboxylic acids is 1. The molecule has 2 N–H and O–H groups in total. The summed E-state index contributed by atoms with van der Waals surface area (Å²) in [6.45, 7) is 0.265. The van der Waals surface area contributed by atoms with E-state index < -0.39 is 23.5 Å². The number of aromatic nitrogens is 1. The van der Waals surface area contributed by atoms with Gasteiger partial charge in [-0.15, -0.1) is 0 Å². The third-order valence-corrected chi connectivity index (χ3v) is 3.56. The number of ether oxygens (including phenoxy) is 1. The van der Waals surface area contributed by atoms with Crippen molar-refractivity contribution in [2.24, 2.45) is 0 Å². The molecule has 1 aliphatic rings. The number of hydrogen-bond acceptors (Lipinski definition) is 5. The summed E-state index contributed by atoms with van der Waals surface area (Å²) in [5.41, 5.74) is -0.143. The van der Waals surface area contributed by atoms with Crippen LogP contribution in [0.3, 0.4) is 0 Å². The Balaban J connectivity index is 1.82. The minimum absolute atomic E-state index is 0.0497. The van der Waals surface area contributed by atoms with Crippen molar-refractivity contribution >= 4 is 11.9 Å². The second-order valence-corrected chi connectivity index (χ2v) is 5.04. The Labute approximate surface area is 130 Å². The summed E-state index contributed by atoms with van der Waals surface area (Å²) in [4.78, 5) is 39.4. The molecule has 0 bridgehead atoms. The number of rotatable bonds is 3. The molecule has 3 heterocycles. The van der Waals surface area contributed by atoms with Gasteiger partial charge in [0.15, 0.2) is 6.10 Å². The molecule has 23 heavy (non-hydrogen) atoms. The Morgan fingerprint density at radius 3 is 2.78 bits per heavy atom. The Morgan fingerprint density at radius 2 is 2.13 bits per heavy atom. The number of amides is 1. The van der Waals surface area contributed by atoms with E-state index in [0.717, 1.165) is 0 Å². The van der Waals surface area contributed by atoms with E-state index in [1.165, 1.54) is 17.2 Å². The van der Waals surface area contributed by atoms with Crippen LogP contribution in [0, 0.1) is 0 Å². The van der Waals surface area contributed by atoms with Gasteiger partial charge in [-0.3, -0.25) is 9.59 Å². The first-order chi connectivity index (χ1) is 11.1. The summed E-state index contributed by atoms with van der Waals surface area (Å²) < 4.78 is 10.2. The maximum absolute atomic E-state index is 12.4. The minimum Gasteiger partial charge on any atom is -0.479 e. The first kappa shape index (κ1) is 15.0. The van der Waals surface area contributed by atoms with Crippen LogP contribution in [-0.2, 0) is 9.53 Å². The predicted molar refractivity (Wildman–Crippen MR) is 78.0 cm³/mol. The Bertz CT molecular complexity index is 780. The molecule has 1 atom stereocenters. The molecular formula is C15H14N2O6. The highest BCUT2D eigenvalue weighted by molar-refractivity contribution is 5.94. The average Bonchev–Trinajstić information content (AvgIpc) is 3.08. The van der Waals surface area contributed by atoms with E-state index in [1.807, 2.05) is 0 Å². The molecule has 0 saturated carbocycles. The fourth-order valence-corrected chi connectivity index (χ4v) is 2.37. The minimum atomic E-state index is -1.13. The summed E-state index contributed by atoms with van der Waals surface area (Å²) in [5, 5.41) is 8.96. The van der Waals surface area contributed by atoms with Crippen molar-refractivity contribution in [3.63, 3.8) is 0 Å². The lowest BCUT2D eigenvalue weighted by atomic mass is 10.2. The Morgan fingerprint density at radius 1 is 1.30 bits per heavy atom. The largest absolute Gasteiger partial charge is 0.479 e. The molecule has 0 aromatic carbocycles. The van der Waals surface area contributed by atoms with Gasteiger partial charge >= 0.3 is 5.97 Å². The normalized spacial score (nSPS) is 17.9. The lowest BCUT2D eigenvalue weighted by Crippen LogP contribution is -2.49. The quantitative estimate of drug-likeness (QED) is 0.855. The fourth-order valence-electron chi connectivity index (χ4n) is 2.37. The molecular weight excluding hydrogens is 304 g/mol. The van der Waals surface area contributed by atoms with Gasteiger partial charge in [-0.2, -0.15) is 0 Å². The fraction of sp³-hybridized carbons (Fsp3) is 0.267. The molecule has 0 radical (unpaired) electrons. The summed E-state index contributed by atoms with van der Waals surface area (Å²) in [6.07, 6.45) is 0.404. The van der Waals surface area contributed by atoms with Crippen LogP contribution in [0.25, 0.3) is 11.5 Å². The van der Waals surface area contributed by atoms with E-state index in [1.54, 1.807) is 18.2 Å².